The van der Waals surface area contributed by atoms with Crippen LogP contribution in [0.3, 0.4) is 0 Å². The van der Waals surface area contributed by atoms with Gasteiger partial charge in [-0.3, -0.25) is 0 Å². The third kappa shape index (κ3) is 3.72. The first-order valence-corrected chi connectivity index (χ1v) is 8.20. The zero-order chi connectivity index (χ0) is 14.5. The van der Waals surface area contributed by atoms with Gasteiger partial charge in [-0.2, -0.15) is 0 Å². The van der Waals surface area contributed by atoms with Crippen molar-refractivity contribution in [2.45, 2.75) is 58.4 Å². The van der Waals surface area contributed by atoms with E-state index >= 15 is 0 Å². The largest absolute Gasteiger partial charge is 0.346 e. The monoisotopic (exact) mass is 290 g/mol. The van der Waals surface area contributed by atoms with E-state index in [2.05, 4.69) is 55.3 Å². The Bertz CT molecular complexity index is 441. The fourth-order valence-corrected chi connectivity index (χ4v) is 3.11. The van der Waals surface area contributed by atoms with Gasteiger partial charge in [0.05, 0.1) is 0 Å². The smallest absolute Gasteiger partial charge is 0.173 e. The molecule has 2 unspecified atom stereocenters. The molecule has 1 N–H and O–H groups in total. The lowest BCUT2D eigenvalue weighted by atomic mass is 9.99. The van der Waals surface area contributed by atoms with Gasteiger partial charge in [-0.25, -0.2) is 0 Å². The molecule has 2 atom stereocenters. The first-order valence-electron chi connectivity index (χ1n) is 7.79. The molecule has 0 amide bonds. The molecule has 1 aromatic rings. The van der Waals surface area contributed by atoms with Crippen LogP contribution in [0.25, 0.3) is 0 Å². The number of piperidine rings is 1. The Morgan fingerprint density at radius 1 is 1.35 bits per heavy atom. The topological polar surface area (TPSA) is 15.3 Å². The third-order valence-electron chi connectivity index (χ3n) is 4.41. The molecule has 1 aliphatic heterocycles. The molecule has 2 rings (SSSR count). The van der Waals surface area contributed by atoms with Crippen molar-refractivity contribution in [1.82, 2.24) is 4.90 Å². The van der Waals surface area contributed by atoms with Gasteiger partial charge in [0.2, 0.25) is 0 Å². The molecular formula is C17H26N2S. The van der Waals surface area contributed by atoms with Gasteiger partial charge in [0.25, 0.3) is 0 Å². The summed E-state index contributed by atoms with van der Waals surface area (Å²) in [6.45, 7) is 7.84. The van der Waals surface area contributed by atoms with Gasteiger partial charge in [0.15, 0.2) is 5.11 Å². The fourth-order valence-electron chi connectivity index (χ4n) is 2.73. The standard InChI is InChI=1S/C17H26N2S/c1-4-13(2)15-8-10-16(11-9-15)18-17(20)19-12-6-5-7-14(19)3/h8-11,13-14H,4-7,12H2,1-3H3,(H,18,20). The highest BCUT2D eigenvalue weighted by Crippen LogP contribution is 2.22. The average molecular weight is 290 g/mol. The lowest BCUT2D eigenvalue weighted by Gasteiger charge is -2.35. The molecule has 3 heteroatoms. The number of rotatable bonds is 3. The van der Waals surface area contributed by atoms with E-state index in [1.54, 1.807) is 0 Å². The molecule has 0 spiro atoms. The molecule has 1 heterocycles. The normalized spacial score (nSPS) is 20.6. The Hall–Kier alpha value is -1.09. The zero-order valence-corrected chi connectivity index (χ0v) is 13.7. The van der Waals surface area contributed by atoms with Crippen molar-refractivity contribution in [3.8, 4) is 0 Å². The summed E-state index contributed by atoms with van der Waals surface area (Å²) < 4.78 is 0. The van der Waals surface area contributed by atoms with E-state index in [1.807, 2.05) is 0 Å². The van der Waals surface area contributed by atoms with Crippen LogP contribution in [0.5, 0.6) is 0 Å². The molecule has 1 saturated heterocycles. The van der Waals surface area contributed by atoms with Crippen LogP contribution < -0.4 is 5.32 Å². The van der Waals surface area contributed by atoms with Crippen molar-refractivity contribution < 1.29 is 0 Å². The highest BCUT2D eigenvalue weighted by atomic mass is 32.1. The molecule has 20 heavy (non-hydrogen) atoms. The maximum absolute atomic E-state index is 5.56. The first-order chi connectivity index (χ1) is 9.61. The Morgan fingerprint density at radius 2 is 2.05 bits per heavy atom. The lowest BCUT2D eigenvalue weighted by molar-refractivity contribution is 0.262. The summed E-state index contributed by atoms with van der Waals surface area (Å²) in [6.07, 6.45) is 4.99. The van der Waals surface area contributed by atoms with Gasteiger partial charge in [0, 0.05) is 18.3 Å². The molecule has 1 fully saturated rings. The summed E-state index contributed by atoms with van der Waals surface area (Å²) in [5, 5.41) is 4.25. The van der Waals surface area contributed by atoms with Crippen LogP contribution in [0.15, 0.2) is 24.3 Å². The van der Waals surface area contributed by atoms with Crippen molar-refractivity contribution in [2.24, 2.45) is 0 Å². The molecular weight excluding hydrogens is 264 g/mol. The van der Waals surface area contributed by atoms with Crippen molar-refractivity contribution in [1.29, 1.82) is 0 Å². The number of nitrogens with one attached hydrogen (secondary N) is 1. The highest BCUT2D eigenvalue weighted by Gasteiger charge is 2.20. The Labute approximate surface area is 128 Å². The van der Waals surface area contributed by atoms with Gasteiger partial charge >= 0.3 is 0 Å². The molecule has 0 saturated carbocycles. The lowest BCUT2D eigenvalue weighted by Crippen LogP contribution is -2.44. The van der Waals surface area contributed by atoms with E-state index < -0.39 is 0 Å². The van der Waals surface area contributed by atoms with E-state index in [4.69, 9.17) is 12.2 Å². The minimum atomic E-state index is 0.558. The van der Waals surface area contributed by atoms with Gasteiger partial charge in [-0.1, -0.05) is 26.0 Å². The van der Waals surface area contributed by atoms with Crippen LogP contribution in [0, 0.1) is 0 Å². The third-order valence-corrected chi connectivity index (χ3v) is 4.74. The van der Waals surface area contributed by atoms with Crippen molar-refractivity contribution in [3.05, 3.63) is 29.8 Å². The Kier molecular flexibility index (Phi) is 5.41. The summed E-state index contributed by atoms with van der Waals surface area (Å²) >= 11 is 5.56. The Balaban J connectivity index is 1.97. The number of thiocarbonyl (C=S) groups is 1. The summed E-state index contributed by atoms with van der Waals surface area (Å²) in [5.41, 5.74) is 2.50. The fraction of sp³-hybridized carbons (Fsp3) is 0.588. The number of hydrogen-bond donors (Lipinski definition) is 1. The molecule has 0 aromatic heterocycles. The van der Waals surface area contributed by atoms with Crippen LogP contribution in [-0.4, -0.2) is 22.6 Å². The van der Waals surface area contributed by atoms with E-state index in [9.17, 15) is 0 Å². The van der Waals surface area contributed by atoms with Gasteiger partial charge in [-0.05, 0) is 68.4 Å². The number of nitrogens with zero attached hydrogens (tertiary/aromatic N) is 1. The molecule has 0 bridgehead atoms. The molecule has 0 aliphatic carbocycles. The van der Waals surface area contributed by atoms with Crippen molar-refractivity contribution in [2.75, 3.05) is 11.9 Å². The maximum Gasteiger partial charge on any atom is 0.173 e. The predicted octanol–water partition coefficient (Wildman–Crippen LogP) is 4.77. The van der Waals surface area contributed by atoms with Crippen LogP contribution in [0.2, 0.25) is 0 Å². The quantitative estimate of drug-likeness (QED) is 0.807. The van der Waals surface area contributed by atoms with Crippen molar-refractivity contribution >= 4 is 23.0 Å². The van der Waals surface area contributed by atoms with Crippen LogP contribution in [0.1, 0.15) is 57.9 Å². The molecule has 2 nitrogen and oxygen atoms in total. The van der Waals surface area contributed by atoms with Crippen molar-refractivity contribution in [3.63, 3.8) is 0 Å². The summed E-state index contributed by atoms with van der Waals surface area (Å²) in [7, 11) is 0. The number of anilines is 1. The van der Waals surface area contributed by atoms with E-state index in [-0.39, 0.29) is 0 Å². The van der Waals surface area contributed by atoms with Crippen LogP contribution in [-0.2, 0) is 0 Å². The Morgan fingerprint density at radius 3 is 2.65 bits per heavy atom. The second-order valence-electron chi connectivity index (χ2n) is 5.90. The summed E-state index contributed by atoms with van der Waals surface area (Å²) in [5.74, 6) is 0.623. The summed E-state index contributed by atoms with van der Waals surface area (Å²) in [6, 6.07) is 9.26. The minimum absolute atomic E-state index is 0.558. The number of likely N-dealkylation sites (tertiary alicyclic amines) is 1. The second kappa shape index (κ2) is 7.07. The summed E-state index contributed by atoms with van der Waals surface area (Å²) in [4.78, 5) is 2.32. The molecule has 1 aromatic carbocycles. The number of benzene rings is 1. The zero-order valence-electron chi connectivity index (χ0n) is 12.9. The SMILES string of the molecule is CCC(C)c1ccc(NC(=S)N2CCCCC2C)cc1. The first kappa shape index (κ1) is 15.3. The van der Waals surface area contributed by atoms with E-state index in [0.717, 1.165) is 17.3 Å². The molecule has 1 aliphatic rings. The van der Waals surface area contributed by atoms with Gasteiger partial charge in [-0.15, -0.1) is 0 Å². The van der Waals surface area contributed by atoms with Gasteiger partial charge < -0.3 is 10.2 Å². The average Bonchev–Trinajstić information content (AvgIpc) is 2.47. The maximum atomic E-state index is 5.56. The molecule has 110 valence electrons. The van der Waals surface area contributed by atoms with E-state index in [0.29, 0.717) is 12.0 Å². The second-order valence-corrected chi connectivity index (χ2v) is 6.29. The molecule has 0 radical (unpaired) electrons. The minimum Gasteiger partial charge on any atom is -0.346 e. The predicted molar refractivity (Wildman–Crippen MR) is 91.4 cm³/mol. The van der Waals surface area contributed by atoms with Gasteiger partial charge in [0.1, 0.15) is 0 Å². The van der Waals surface area contributed by atoms with E-state index in [1.165, 1.54) is 31.2 Å². The van der Waals surface area contributed by atoms with Crippen LogP contribution in [0.4, 0.5) is 5.69 Å². The van der Waals surface area contributed by atoms with Crippen LogP contribution >= 0.6 is 12.2 Å². The number of hydrogen-bond acceptors (Lipinski definition) is 1. The highest BCUT2D eigenvalue weighted by molar-refractivity contribution is 7.80.